The number of carboxylic acids is 2. The lowest BCUT2D eigenvalue weighted by molar-refractivity contribution is 0.0695. The van der Waals surface area contributed by atoms with Crippen molar-refractivity contribution in [3.8, 4) is 6.07 Å². The number of aromatic carboxylic acids is 2. The van der Waals surface area contributed by atoms with Crippen molar-refractivity contribution in [2.75, 3.05) is 0 Å². The molecular formula is C11H7NO4. The van der Waals surface area contributed by atoms with Gasteiger partial charge in [0.1, 0.15) is 0 Å². The van der Waals surface area contributed by atoms with E-state index in [-0.39, 0.29) is 11.1 Å². The van der Waals surface area contributed by atoms with Gasteiger partial charge < -0.3 is 10.2 Å². The van der Waals surface area contributed by atoms with Gasteiger partial charge in [0.25, 0.3) is 0 Å². The molecule has 80 valence electrons. The maximum Gasteiger partial charge on any atom is 0.336 e. The van der Waals surface area contributed by atoms with Crippen molar-refractivity contribution in [3.63, 3.8) is 0 Å². The van der Waals surface area contributed by atoms with Gasteiger partial charge in [-0.15, -0.1) is 0 Å². The minimum atomic E-state index is -1.24. The van der Waals surface area contributed by atoms with Gasteiger partial charge in [-0.05, 0) is 23.8 Å². The summed E-state index contributed by atoms with van der Waals surface area (Å²) in [6.07, 6.45) is 2.44. The number of nitriles is 1. The molecule has 5 heteroatoms. The highest BCUT2D eigenvalue weighted by atomic mass is 16.4. The molecule has 0 bridgehead atoms. The van der Waals surface area contributed by atoms with E-state index in [9.17, 15) is 9.59 Å². The van der Waals surface area contributed by atoms with Gasteiger partial charge in [0.2, 0.25) is 0 Å². The van der Waals surface area contributed by atoms with Crippen LogP contribution in [-0.4, -0.2) is 22.2 Å². The van der Waals surface area contributed by atoms with Crippen LogP contribution in [0.1, 0.15) is 26.3 Å². The van der Waals surface area contributed by atoms with Crippen LogP contribution in [0.4, 0.5) is 0 Å². The third-order valence-corrected chi connectivity index (χ3v) is 1.87. The lowest BCUT2D eigenvalue weighted by Gasteiger charge is -2.02. The minimum absolute atomic E-state index is 0.105. The van der Waals surface area contributed by atoms with Crippen LogP contribution < -0.4 is 0 Å². The van der Waals surface area contributed by atoms with Crippen LogP contribution in [0, 0.1) is 11.3 Å². The van der Waals surface area contributed by atoms with Gasteiger partial charge in [0, 0.05) is 6.08 Å². The summed E-state index contributed by atoms with van der Waals surface area (Å²) in [7, 11) is 0. The van der Waals surface area contributed by atoms with E-state index < -0.39 is 11.9 Å². The molecule has 1 aromatic carbocycles. The lowest BCUT2D eigenvalue weighted by atomic mass is 10.0. The number of allylic oxidation sites excluding steroid dienone is 1. The van der Waals surface area contributed by atoms with Gasteiger partial charge in [-0.1, -0.05) is 6.07 Å². The number of hydrogen-bond donors (Lipinski definition) is 2. The molecule has 0 atom stereocenters. The first-order chi connectivity index (χ1) is 7.56. The number of hydrogen-bond acceptors (Lipinski definition) is 3. The Balaban J connectivity index is 3.31. The molecule has 5 nitrogen and oxygen atoms in total. The fourth-order valence-electron chi connectivity index (χ4n) is 1.15. The van der Waals surface area contributed by atoms with Crippen molar-refractivity contribution in [2.24, 2.45) is 0 Å². The fourth-order valence-corrected chi connectivity index (χ4v) is 1.15. The second kappa shape index (κ2) is 4.75. The Morgan fingerprint density at radius 3 is 2.44 bits per heavy atom. The van der Waals surface area contributed by atoms with Crippen molar-refractivity contribution in [1.82, 2.24) is 0 Å². The monoisotopic (exact) mass is 217 g/mol. The number of nitrogens with zero attached hydrogens (tertiary/aromatic N) is 1. The third kappa shape index (κ3) is 2.45. The maximum atomic E-state index is 10.8. The van der Waals surface area contributed by atoms with Crippen molar-refractivity contribution in [2.45, 2.75) is 0 Å². The van der Waals surface area contributed by atoms with Crippen LogP contribution in [-0.2, 0) is 0 Å². The molecule has 0 aromatic heterocycles. The van der Waals surface area contributed by atoms with Gasteiger partial charge in [-0.3, -0.25) is 0 Å². The largest absolute Gasteiger partial charge is 0.478 e. The molecule has 16 heavy (non-hydrogen) atoms. The Kier molecular flexibility index (Phi) is 3.41. The zero-order valence-electron chi connectivity index (χ0n) is 8.04. The second-order valence-corrected chi connectivity index (χ2v) is 2.87. The normalized spacial score (nSPS) is 9.94. The van der Waals surface area contributed by atoms with Crippen LogP contribution in [0.5, 0.6) is 0 Å². The molecule has 0 unspecified atom stereocenters. The average molecular weight is 217 g/mol. The summed E-state index contributed by atoms with van der Waals surface area (Å²) in [6.45, 7) is 0. The third-order valence-electron chi connectivity index (χ3n) is 1.87. The van der Waals surface area contributed by atoms with E-state index in [2.05, 4.69) is 0 Å². The van der Waals surface area contributed by atoms with Gasteiger partial charge in [-0.25, -0.2) is 9.59 Å². The molecule has 0 aliphatic rings. The van der Waals surface area contributed by atoms with E-state index in [4.69, 9.17) is 15.5 Å². The highest BCUT2D eigenvalue weighted by Gasteiger charge is 2.12. The Hall–Kier alpha value is -2.61. The van der Waals surface area contributed by atoms with Crippen LogP contribution in [0.3, 0.4) is 0 Å². The van der Waals surface area contributed by atoms with Gasteiger partial charge >= 0.3 is 11.9 Å². The first-order valence-corrected chi connectivity index (χ1v) is 4.23. The minimum Gasteiger partial charge on any atom is -0.478 e. The number of carboxylic acid groups (broad SMARTS) is 2. The molecule has 0 spiro atoms. The van der Waals surface area contributed by atoms with Crippen LogP contribution in [0.2, 0.25) is 0 Å². The van der Waals surface area contributed by atoms with E-state index in [1.54, 1.807) is 6.07 Å². The summed E-state index contributed by atoms with van der Waals surface area (Å²) >= 11 is 0. The standard InChI is InChI=1S/C11H7NO4/c12-5-1-2-7-3-4-8(10(13)14)6-9(7)11(15)16/h1-4,6H,(H,13,14)(H,15,16). The molecule has 0 saturated heterocycles. The van der Waals surface area contributed by atoms with Crippen LogP contribution in [0.15, 0.2) is 24.3 Å². The summed E-state index contributed by atoms with van der Waals surface area (Å²) in [5.74, 6) is -2.43. The molecule has 1 rings (SSSR count). The first-order valence-electron chi connectivity index (χ1n) is 4.23. The van der Waals surface area contributed by atoms with E-state index >= 15 is 0 Å². The molecule has 0 radical (unpaired) electrons. The Labute approximate surface area is 90.9 Å². The maximum absolute atomic E-state index is 10.8. The van der Waals surface area contributed by atoms with E-state index in [0.29, 0.717) is 5.56 Å². The van der Waals surface area contributed by atoms with E-state index in [1.807, 2.05) is 0 Å². The van der Waals surface area contributed by atoms with Gasteiger partial charge in [0.05, 0.1) is 17.2 Å². The fraction of sp³-hybridized carbons (Fsp3) is 0. The van der Waals surface area contributed by atoms with Gasteiger partial charge in [-0.2, -0.15) is 5.26 Å². The summed E-state index contributed by atoms with van der Waals surface area (Å²) in [4.78, 5) is 21.5. The second-order valence-electron chi connectivity index (χ2n) is 2.87. The topological polar surface area (TPSA) is 98.4 Å². The highest BCUT2D eigenvalue weighted by Crippen LogP contribution is 2.14. The molecule has 0 saturated carbocycles. The van der Waals surface area contributed by atoms with E-state index in [1.165, 1.54) is 18.2 Å². The predicted octanol–water partition coefficient (Wildman–Crippen LogP) is 1.62. The Bertz CT molecular complexity index is 511. The Morgan fingerprint density at radius 1 is 1.25 bits per heavy atom. The average Bonchev–Trinajstić information content (AvgIpc) is 2.25. The zero-order chi connectivity index (χ0) is 12.1. The van der Waals surface area contributed by atoms with Crippen LogP contribution >= 0.6 is 0 Å². The molecule has 0 heterocycles. The lowest BCUT2D eigenvalue weighted by Crippen LogP contribution is -2.04. The number of rotatable bonds is 3. The molecule has 0 fully saturated rings. The van der Waals surface area contributed by atoms with Crippen molar-refractivity contribution >= 4 is 18.0 Å². The number of carbonyl (C=O) groups is 2. The molecule has 0 aliphatic carbocycles. The molecule has 0 amide bonds. The molecule has 0 aliphatic heterocycles. The van der Waals surface area contributed by atoms with Crippen molar-refractivity contribution in [3.05, 3.63) is 41.0 Å². The Morgan fingerprint density at radius 2 is 1.94 bits per heavy atom. The summed E-state index contributed by atoms with van der Waals surface area (Å²) in [5, 5.41) is 25.9. The quantitative estimate of drug-likeness (QED) is 0.749. The summed E-state index contributed by atoms with van der Waals surface area (Å²) in [6, 6.07) is 5.42. The summed E-state index contributed by atoms with van der Waals surface area (Å²) < 4.78 is 0. The highest BCUT2D eigenvalue weighted by molar-refractivity contribution is 5.96. The van der Waals surface area contributed by atoms with Crippen LogP contribution in [0.25, 0.3) is 6.08 Å². The smallest absolute Gasteiger partial charge is 0.336 e. The molecule has 1 aromatic rings. The zero-order valence-corrected chi connectivity index (χ0v) is 8.04. The van der Waals surface area contributed by atoms with Crippen molar-refractivity contribution < 1.29 is 19.8 Å². The number of benzene rings is 1. The molecule has 2 N–H and O–H groups in total. The van der Waals surface area contributed by atoms with Crippen molar-refractivity contribution in [1.29, 1.82) is 5.26 Å². The summed E-state index contributed by atoms with van der Waals surface area (Å²) in [5.41, 5.74) is 0.0388. The predicted molar refractivity (Wildman–Crippen MR) is 55.0 cm³/mol. The van der Waals surface area contributed by atoms with Gasteiger partial charge in [0.15, 0.2) is 0 Å². The molecular weight excluding hydrogens is 210 g/mol. The SMILES string of the molecule is N#CC=Cc1ccc(C(=O)O)cc1C(=O)O. The van der Waals surface area contributed by atoms with E-state index in [0.717, 1.165) is 12.1 Å². The first kappa shape index (κ1) is 11.5.